The molecule has 2 heteroatoms. The van der Waals surface area contributed by atoms with Gasteiger partial charge in [-0.25, -0.2) is 0 Å². The van der Waals surface area contributed by atoms with E-state index >= 15 is 0 Å². The highest BCUT2D eigenvalue weighted by Crippen LogP contribution is 2.00. The molecular formula is C12H16O2. The lowest BCUT2D eigenvalue weighted by Gasteiger charge is -2.01. The summed E-state index contributed by atoms with van der Waals surface area (Å²) in [6.07, 6.45) is 4.50. The molecule has 0 aliphatic rings. The lowest BCUT2D eigenvalue weighted by molar-refractivity contribution is 0.125. The van der Waals surface area contributed by atoms with E-state index in [0.717, 1.165) is 6.42 Å². The molecule has 0 saturated heterocycles. The third-order valence-corrected chi connectivity index (χ3v) is 1.81. The zero-order valence-corrected chi connectivity index (χ0v) is 8.23. The minimum atomic E-state index is 0.110. The number of aliphatic hydroxyl groups is 1. The van der Waals surface area contributed by atoms with E-state index in [9.17, 15) is 0 Å². The Bertz CT molecular complexity index is 254. The molecule has 0 saturated carbocycles. The van der Waals surface area contributed by atoms with Gasteiger partial charge >= 0.3 is 0 Å². The van der Waals surface area contributed by atoms with E-state index in [1.807, 2.05) is 36.4 Å². The second-order valence-electron chi connectivity index (χ2n) is 2.98. The van der Waals surface area contributed by atoms with Crippen molar-refractivity contribution < 1.29 is 9.84 Å². The number of benzene rings is 1. The minimum Gasteiger partial charge on any atom is -0.392 e. The molecule has 2 nitrogen and oxygen atoms in total. The molecule has 14 heavy (non-hydrogen) atoms. The van der Waals surface area contributed by atoms with E-state index in [0.29, 0.717) is 13.2 Å². The zero-order valence-electron chi connectivity index (χ0n) is 8.23. The first-order valence-corrected chi connectivity index (χ1v) is 4.81. The fourth-order valence-corrected chi connectivity index (χ4v) is 1.11. The van der Waals surface area contributed by atoms with E-state index < -0.39 is 0 Å². The Morgan fingerprint density at radius 1 is 1.14 bits per heavy atom. The van der Waals surface area contributed by atoms with Crippen LogP contribution in [0.25, 0.3) is 0 Å². The van der Waals surface area contributed by atoms with Crippen LogP contribution >= 0.6 is 0 Å². The molecule has 0 unspecified atom stereocenters. The normalized spacial score (nSPS) is 10.9. The highest BCUT2D eigenvalue weighted by molar-refractivity contribution is 5.13. The van der Waals surface area contributed by atoms with Crippen LogP contribution in [-0.2, 0) is 11.3 Å². The van der Waals surface area contributed by atoms with Gasteiger partial charge in [0.25, 0.3) is 0 Å². The second-order valence-corrected chi connectivity index (χ2v) is 2.98. The monoisotopic (exact) mass is 192 g/mol. The van der Waals surface area contributed by atoms with Gasteiger partial charge in [0.05, 0.1) is 19.8 Å². The van der Waals surface area contributed by atoms with Crippen molar-refractivity contribution in [1.82, 2.24) is 0 Å². The third kappa shape index (κ3) is 4.80. The van der Waals surface area contributed by atoms with Crippen molar-refractivity contribution in [3.05, 3.63) is 48.0 Å². The summed E-state index contributed by atoms with van der Waals surface area (Å²) in [6.45, 7) is 1.47. The smallest absolute Gasteiger partial charge is 0.0717 e. The maximum atomic E-state index is 8.47. The van der Waals surface area contributed by atoms with Crippen LogP contribution in [0.4, 0.5) is 0 Å². The van der Waals surface area contributed by atoms with E-state index in [1.54, 1.807) is 6.08 Å². The maximum absolute atomic E-state index is 8.47. The van der Waals surface area contributed by atoms with Gasteiger partial charge < -0.3 is 9.84 Å². The van der Waals surface area contributed by atoms with Gasteiger partial charge in [0.15, 0.2) is 0 Å². The van der Waals surface area contributed by atoms with Crippen LogP contribution in [0.1, 0.15) is 12.0 Å². The molecular weight excluding hydrogens is 176 g/mol. The first-order valence-electron chi connectivity index (χ1n) is 4.81. The molecule has 1 aromatic rings. The topological polar surface area (TPSA) is 29.5 Å². The number of hydrogen-bond acceptors (Lipinski definition) is 2. The van der Waals surface area contributed by atoms with Crippen molar-refractivity contribution in [2.24, 2.45) is 0 Å². The van der Waals surface area contributed by atoms with Crippen LogP contribution in [0.3, 0.4) is 0 Å². The second kappa shape index (κ2) is 7.30. The van der Waals surface area contributed by atoms with Crippen LogP contribution in [0.5, 0.6) is 0 Å². The summed E-state index contributed by atoms with van der Waals surface area (Å²) in [5.74, 6) is 0. The van der Waals surface area contributed by atoms with Crippen LogP contribution in [0, 0.1) is 0 Å². The van der Waals surface area contributed by atoms with Gasteiger partial charge in [-0.3, -0.25) is 0 Å². The summed E-state index contributed by atoms with van der Waals surface area (Å²) >= 11 is 0. The van der Waals surface area contributed by atoms with Gasteiger partial charge in [-0.15, -0.1) is 0 Å². The van der Waals surface area contributed by atoms with Gasteiger partial charge in [0.1, 0.15) is 0 Å². The molecule has 1 aromatic carbocycles. The van der Waals surface area contributed by atoms with Crippen LogP contribution in [0.15, 0.2) is 42.5 Å². The standard InChI is InChI=1S/C12H16O2/c13-9-5-2-6-10-14-11-12-7-3-1-4-8-12/h1-5,7-8,13H,6,9-11H2/b5-2-. The van der Waals surface area contributed by atoms with Gasteiger partial charge in [-0.1, -0.05) is 42.5 Å². The number of rotatable bonds is 6. The highest BCUT2D eigenvalue weighted by Gasteiger charge is 1.89. The summed E-state index contributed by atoms with van der Waals surface area (Å²) in [7, 11) is 0. The summed E-state index contributed by atoms with van der Waals surface area (Å²) in [5, 5.41) is 8.47. The van der Waals surface area contributed by atoms with Gasteiger partial charge in [-0.2, -0.15) is 0 Å². The summed E-state index contributed by atoms with van der Waals surface area (Å²) in [4.78, 5) is 0. The average molecular weight is 192 g/mol. The largest absolute Gasteiger partial charge is 0.392 e. The van der Waals surface area contributed by atoms with E-state index in [-0.39, 0.29) is 6.61 Å². The molecule has 0 aliphatic heterocycles. The zero-order chi connectivity index (χ0) is 10.1. The molecule has 0 heterocycles. The Kier molecular flexibility index (Phi) is 5.71. The van der Waals surface area contributed by atoms with Crippen LogP contribution < -0.4 is 0 Å². The van der Waals surface area contributed by atoms with Gasteiger partial charge in [-0.05, 0) is 12.0 Å². The summed E-state index contributed by atoms with van der Waals surface area (Å²) < 4.78 is 5.43. The third-order valence-electron chi connectivity index (χ3n) is 1.81. The van der Waals surface area contributed by atoms with E-state index in [1.165, 1.54) is 5.56 Å². The average Bonchev–Trinajstić information content (AvgIpc) is 2.25. The van der Waals surface area contributed by atoms with Crippen molar-refractivity contribution in [1.29, 1.82) is 0 Å². The molecule has 1 N–H and O–H groups in total. The first-order chi connectivity index (χ1) is 6.93. The number of aliphatic hydroxyl groups excluding tert-OH is 1. The molecule has 0 atom stereocenters. The Morgan fingerprint density at radius 3 is 2.64 bits per heavy atom. The first kappa shape index (κ1) is 11.0. The molecule has 0 amide bonds. The quantitative estimate of drug-likeness (QED) is 0.552. The van der Waals surface area contributed by atoms with E-state index in [4.69, 9.17) is 9.84 Å². The van der Waals surface area contributed by atoms with Crippen molar-refractivity contribution in [2.45, 2.75) is 13.0 Å². The fourth-order valence-electron chi connectivity index (χ4n) is 1.11. The maximum Gasteiger partial charge on any atom is 0.0717 e. The van der Waals surface area contributed by atoms with Crippen molar-refractivity contribution in [3.8, 4) is 0 Å². The van der Waals surface area contributed by atoms with Gasteiger partial charge in [0.2, 0.25) is 0 Å². The van der Waals surface area contributed by atoms with Crippen molar-refractivity contribution in [2.75, 3.05) is 13.2 Å². The van der Waals surface area contributed by atoms with E-state index in [2.05, 4.69) is 0 Å². The molecule has 76 valence electrons. The number of hydrogen-bond donors (Lipinski definition) is 1. The highest BCUT2D eigenvalue weighted by atomic mass is 16.5. The fraction of sp³-hybridized carbons (Fsp3) is 0.333. The van der Waals surface area contributed by atoms with Gasteiger partial charge in [0, 0.05) is 0 Å². The molecule has 1 rings (SSSR count). The molecule has 0 bridgehead atoms. The van der Waals surface area contributed by atoms with Crippen molar-refractivity contribution in [3.63, 3.8) is 0 Å². The molecule has 0 radical (unpaired) electrons. The summed E-state index contributed by atoms with van der Waals surface area (Å²) in [6, 6.07) is 10.1. The Hall–Kier alpha value is -1.12. The summed E-state index contributed by atoms with van der Waals surface area (Å²) in [5.41, 5.74) is 1.19. The molecule has 0 aromatic heterocycles. The number of ether oxygens (including phenoxy) is 1. The lowest BCUT2D eigenvalue weighted by atomic mass is 10.2. The lowest BCUT2D eigenvalue weighted by Crippen LogP contribution is -1.93. The Morgan fingerprint density at radius 2 is 1.93 bits per heavy atom. The molecule has 0 aliphatic carbocycles. The Balaban J connectivity index is 2.07. The SMILES string of the molecule is OC/C=C\CCOCc1ccccc1. The Labute approximate surface area is 84.8 Å². The molecule has 0 fully saturated rings. The predicted octanol–water partition coefficient (Wildman–Crippen LogP) is 2.14. The minimum absolute atomic E-state index is 0.110. The molecule has 0 spiro atoms. The van der Waals surface area contributed by atoms with Crippen LogP contribution in [-0.4, -0.2) is 18.3 Å². The van der Waals surface area contributed by atoms with Crippen molar-refractivity contribution >= 4 is 0 Å². The predicted molar refractivity (Wildman–Crippen MR) is 56.9 cm³/mol. The van der Waals surface area contributed by atoms with Crippen LogP contribution in [0.2, 0.25) is 0 Å².